The highest BCUT2D eigenvalue weighted by Gasteiger charge is 2.87. The van der Waals surface area contributed by atoms with Gasteiger partial charge in [0.1, 0.15) is 48.8 Å². The van der Waals surface area contributed by atoms with Crippen LogP contribution in [0.3, 0.4) is 0 Å². The molecule has 8 N–H and O–H groups in total. The standard InChI is InChI=1S/C41H66O14/c1-18-12-21-32(36(4,5)55-34-29(49)27(47)26(46)22(14-42)51-34)54-41(53-21)16-38(7)31-19(43)13-23-35(2,3)24(52-33-28(48)25(45)20(44)15-50-33)8-9-39(23)17-40(31,39)11-10-37(38,6)30(18)41/h18-34,42-49H,8-17H2,1-7H3/t18-,19+,20-,21-,22+,23+,24+,25+,26+,27-,28-,29+,30-,31+,32-,33-,34-,37-,38+,39-,40+,41-/m1/s1. The van der Waals surface area contributed by atoms with E-state index in [4.69, 9.17) is 28.4 Å². The van der Waals surface area contributed by atoms with Gasteiger partial charge in [0.2, 0.25) is 0 Å². The molecule has 55 heavy (non-hydrogen) atoms. The number of aliphatic hydroxyl groups is 8. The van der Waals surface area contributed by atoms with Crippen LogP contribution in [0.5, 0.6) is 0 Å². The van der Waals surface area contributed by atoms with Crippen LogP contribution in [0.4, 0.5) is 0 Å². The zero-order valence-electron chi connectivity index (χ0n) is 33.4. The van der Waals surface area contributed by atoms with Gasteiger partial charge in [-0.15, -0.1) is 0 Å². The van der Waals surface area contributed by atoms with E-state index in [1.54, 1.807) is 0 Å². The van der Waals surface area contributed by atoms with Crippen molar-refractivity contribution in [3.8, 4) is 0 Å². The van der Waals surface area contributed by atoms with E-state index in [9.17, 15) is 40.9 Å². The molecule has 2 bridgehead atoms. The Morgan fingerprint density at radius 3 is 2.15 bits per heavy atom. The molecular weight excluding hydrogens is 716 g/mol. The van der Waals surface area contributed by atoms with Gasteiger partial charge in [0.05, 0.1) is 37.1 Å². The molecule has 5 aliphatic carbocycles. The highest BCUT2D eigenvalue weighted by atomic mass is 16.8. The number of fused-ring (bicyclic) bond motifs is 4. The maximum absolute atomic E-state index is 12.6. The predicted molar refractivity (Wildman–Crippen MR) is 191 cm³/mol. The molecule has 9 aliphatic rings. The first kappa shape index (κ1) is 39.9. The van der Waals surface area contributed by atoms with Crippen molar-refractivity contribution < 1.29 is 69.3 Å². The van der Waals surface area contributed by atoms with Crippen LogP contribution in [-0.2, 0) is 28.4 Å². The fourth-order valence-electron chi connectivity index (χ4n) is 15.5. The lowest BCUT2D eigenvalue weighted by Gasteiger charge is -2.64. The normalized spacial score (nSPS) is 60.6. The summed E-state index contributed by atoms with van der Waals surface area (Å²) < 4.78 is 38.6. The molecule has 14 heteroatoms. The Labute approximate surface area is 323 Å². The van der Waals surface area contributed by atoms with E-state index in [0.717, 1.165) is 38.5 Å². The van der Waals surface area contributed by atoms with Gasteiger partial charge in [-0.05, 0) is 104 Å². The molecule has 0 radical (unpaired) electrons. The summed E-state index contributed by atoms with van der Waals surface area (Å²) in [4.78, 5) is 0. The van der Waals surface area contributed by atoms with Crippen LogP contribution in [-0.4, -0.2) is 145 Å². The third-order valence-corrected chi connectivity index (χ3v) is 18.0. The number of ether oxygens (including phenoxy) is 6. The van der Waals surface area contributed by atoms with Crippen LogP contribution in [0.1, 0.15) is 99.8 Å². The van der Waals surface area contributed by atoms with E-state index in [-0.39, 0.29) is 69.6 Å². The quantitative estimate of drug-likeness (QED) is 0.176. The van der Waals surface area contributed by atoms with Gasteiger partial charge in [0, 0.05) is 12.3 Å². The minimum Gasteiger partial charge on any atom is -0.394 e. The SMILES string of the molecule is C[C@@H]1C[C@H]2O[C@]3(C[C@@]4(C)[C@@H]5[C@@H](O)C[C@H]6C(C)(C)[C@@H](O[C@H]7OC[C@@H](O)[C@H](O)[C@H]7O)CC[C@@]67C[C@@]57CC[C@]4(C)[C@@H]13)O[C@H]2C(C)(C)O[C@H]1O[C@@H](CO)[C@H](O)[C@@H](O)[C@@H]1O. The van der Waals surface area contributed by atoms with Gasteiger partial charge in [-0.3, -0.25) is 0 Å². The van der Waals surface area contributed by atoms with E-state index in [1.165, 1.54) is 0 Å². The van der Waals surface area contributed by atoms with Crippen molar-refractivity contribution in [3.05, 3.63) is 0 Å². The number of hydrogen-bond acceptors (Lipinski definition) is 14. The number of aliphatic hydroxyl groups excluding tert-OH is 8. The molecule has 0 aromatic rings. The highest BCUT2D eigenvalue weighted by Crippen LogP contribution is 2.90. The molecule has 0 amide bonds. The molecule has 0 aromatic carbocycles. The van der Waals surface area contributed by atoms with E-state index in [2.05, 4.69) is 34.6 Å². The van der Waals surface area contributed by atoms with Gasteiger partial charge >= 0.3 is 0 Å². The Bertz CT molecular complexity index is 1510. The van der Waals surface area contributed by atoms with Crippen molar-refractivity contribution >= 4 is 0 Å². The van der Waals surface area contributed by atoms with Crippen molar-refractivity contribution in [2.75, 3.05) is 13.2 Å². The van der Waals surface area contributed by atoms with Gasteiger partial charge in [0.25, 0.3) is 0 Å². The lowest BCUT2D eigenvalue weighted by Crippen LogP contribution is -2.63. The van der Waals surface area contributed by atoms with Gasteiger partial charge in [-0.2, -0.15) is 0 Å². The third kappa shape index (κ3) is 5.10. The van der Waals surface area contributed by atoms with Crippen LogP contribution in [0.25, 0.3) is 0 Å². The van der Waals surface area contributed by atoms with Crippen molar-refractivity contribution in [1.82, 2.24) is 0 Å². The summed E-state index contributed by atoms with van der Waals surface area (Å²) in [7, 11) is 0. The van der Waals surface area contributed by atoms with E-state index in [1.807, 2.05) is 13.8 Å². The summed E-state index contributed by atoms with van der Waals surface area (Å²) in [6, 6.07) is 0. The molecule has 4 saturated heterocycles. The van der Waals surface area contributed by atoms with Crippen molar-refractivity contribution in [3.63, 3.8) is 0 Å². The average molecular weight is 783 g/mol. The summed E-state index contributed by atoms with van der Waals surface area (Å²) in [5.41, 5.74) is -1.87. The molecule has 5 saturated carbocycles. The monoisotopic (exact) mass is 782 g/mol. The molecule has 14 nitrogen and oxygen atoms in total. The third-order valence-electron chi connectivity index (χ3n) is 18.0. The maximum Gasteiger partial charge on any atom is 0.187 e. The van der Waals surface area contributed by atoms with Gasteiger partial charge in [-0.1, -0.05) is 34.6 Å². The largest absolute Gasteiger partial charge is 0.394 e. The number of rotatable bonds is 6. The minimum atomic E-state index is -1.55. The molecule has 4 aliphatic heterocycles. The molecule has 0 aromatic heterocycles. The first-order chi connectivity index (χ1) is 25.6. The van der Waals surface area contributed by atoms with Crippen LogP contribution >= 0.6 is 0 Å². The fraction of sp³-hybridized carbons (Fsp3) is 1.00. The van der Waals surface area contributed by atoms with Crippen LogP contribution in [0, 0.1) is 50.7 Å². The van der Waals surface area contributed by atoms with Crippen LogP contribution in [0.15, 0.2) is 0 Å². The smallest absolute Gasteiger partial charge is 0.187 e. The molecule has 3 spiro atoms. The summed E-state index contributed by atoms with van der Waals surface area (Å²) in [5.74, 6) is -0.345. The second-order valence-electron chi connectivity index (χ2n) is 21.2. The van der Waals surface area contributed by atoms with Gasteiger partial charge in [0.15, 0.2) is 18.4 Å². The fourth-order valence-corrected chi connectivity index (χ4v) is 15.5. The summed E-state index contributed by atoms with van der Waals surface area (Å²) in [6.45, 7) is 14.6. The van der Waals surface area contributed by atoms with Crippen LogP contribution < -0.4 is 0 Å². The minimum absolute atomic E-state index is 0.0384. The Morgan fingerprint density at radius 2 is 1.44 bits per heavy atom. The lowest BCUT2D eigenvalue weighted by molar-refractivity contribution is -0.334. The molecule has 0 unspecified atom stereocenters. The Balaban J connectivity index is 0.974. The van der Waals surface area contributed by atoms with E-state index >= 15 is 0 Å². The summed E-state index contributed by atoms with van der Waals surface area (Å²) in [6.07, 6.45) is -6.67. The molecule has 4 heterocycles. The lowest BCUT2D eigenvalue weighted by atomic mass is 9.41. The first-order valence-corrected chi connectivity index (χ1v) is 21.0. The van der Waals surface area contributed by atoms with Gasteiger partial charge < -0.3 is 69.3 Å². The van der Waals surface area contributed by atoms with Crippen molar-refractivity contribution in [2.45, 2.75) is 191 Å². The first-order valence-electron chi connectivity index (χ1n) is 21.0. The van der Waals surface area contributed by atoms with E-state index < -0.39 is 85.5 Å². The predicted octanol–water partition coefficient (Wildman–Crippen LogP) is 0.946. The molecule has 22 atom stereocenters. The highest BCUT2D eigenvalue weighted by molar-refractivity contribution is 5.34. The topological polar surface area (TPSA) is 217 Å². The average Bonchev–Trinajstić information content (AvgIpc) is 3.58. The zero-order valence-corrected chi connectivity index (χ0v) is 33.4. The number of hydrogen-bond donors (Lipinski definition) is 8. The zero-order chi connectivity index (χ0) is 39.6. The Kier molecular flexibility index (Phi) is 9.06. The second kappa shape index (κ2) is 12.5. The summed E-state index contributed by atoms with van der Waals surface area (Å²) in [5, 5.41) is 85.1. The molecule has 9 rings (SSSR count). The van der Waals surface area contributed by atoms with Gasteiger partial charge in [-0.25, -0.2) is 0 Å². The van der Waals surface area contributed by atoms with Crippen molar-refractivity contribution in [2.24, 2.45) is 50.7 Å². The molecule has 9 fully saturated rings. The van der Waals surface area contributed by atoms with Crippen molar-refractivity contribution in [1.29, 1.82) is 0 Å². The molecular formula is C41H66O14. The molecule has 314 valence electrons. The summed E-state index contributed by atoms with van der Waals surface area (Å²) >= 11 is 0. The second-order valence-corrected chi connectivity index (χ2v) is 21.2. The van der Waals surface area contributed by atoms with Crippen LogP contribution in [0.2, 0.25) is 0 Å². The Morgan fingerprint density at radius 1 is 0.727 bits per heavy atom. The van der Waals surface area contributed by atoms with E-state index in [0.29, 0.717) is 12.8 Å². The maximum atomic E-state index is 12.6. The Hall–Kier alpha value is -0.560.